The van der Waals surface area contributed by atoms with E-state index in [0.717, 1.165) is 0 Å². The third kappa shape index (κ3) is 4.12. The van der Waals surface area contributed by atoms with Gasteiger partial charge in [-0.05, 0) is 24.6 Å². The summed E-state index contributed by atoms with van der Waals surface area (Å²) in [5.41, 5.74) is 8.97. The molecule has 1 aromatic heterocycles. The number of rotatable bonds is 4. The van der Waals surface area contributed by atoms with Crippen LogP contribution in [0.4, 0.5) is 0 Å². The molecule has 2 rings (SSSR count). The van der Waals surface area contributed by atoms with E-state index in [-0.39, 0.29) is 18.0 Å². The zero-order valence-corrected chi connectivity index (χ0v) is 13.1. The van der Waals surface area contributed by atoms with Crippen LogP contribution in [0.5, 0.6) is 0 Å². The van der Waals surface area contributed by atoms with Gasteiger partial charge in [0.05, 0.1) is 29.2 Å². The normalized spacial score (nSPS) is 11.0. The van der Waals surface area contributed by atoms with Crippen LogP contribution in [-0.4, -0.2) is 19.9 Å². The number of aryl methyl sites for hydroxylation is 1. The summed E-state index contributed by atoms with van der Waals surface area (Å²) in [5.74, 6) is 5.55. The molecule has 0 spiro atoms. The molecule has 0 unspecified atom stereocenters. The SMILES string of the molecule is Cc1ccc(C#CCN)cc1S(=O)(=O)NCc1cscn1. The van der Waals surface area contributed by atoms with Crippen LogP contribution in [0.15, 0.2) is 34.0 Å². The average molecular weight is 321 g/mol. The van der Waals surface area contributed by atoms with Crippen molar-refractivity contribution in [2.45, 2.75) is 18.4 Å². The molecule has 5 nitrogen and oxygen atoms in total. The largest absolute Gasteiger partial charge is 0.320 e. The van der Waals surface area contributed by atoms with Crippen LogP contribution < -0.4 is 10.5 Å². The lowest BCUT2D eigenvalue weighted by Gasteiger charge is -2.09. The molecular weight excluding hydrogens is 306 g/mol. The highest BCUT2D eigenvalue weighted by Crippen LogP contribution is 2.17. The van der Waals surface area contributed by atoms with Gasteiger partial charge in [0.1, 0.15) is 0 Å². The minimum Gasteiger partial charge on any atom is -0.320 e. The first-order chi connectivity index (χ1) is 10.0. The number of benzene rings is 1. The van der Waals surface area contributed by atoms with Crippen molar-refractivity contribution in [1.82, 2.24) is 9.71 Å². The summed E-state index contributed by atoms with van der Waals surface area (Å²) in [6.45, 7) is 2.15. The summed E-state index contributed by atoms with van der Waals surface area (Å²) < 4.78 is 27.3. The first-order valence-electron chi connectivity index (χ1n) is 6.19. The van der Waals surface area contributed by atoms with Crippen LogP contribution in [0.1, 0.15) is 16.8 Å². The number of nitrogens with one attached hydrogen (secondary N) is 1. The van der Waals surface area contributed by atoms with Crippen molar-refractivity contribution in [3.05, 3.63) is 45.9 Å². The Kier molecular flexibility index (Phi) is 5.09. The van der Waals surface area contributed by atoms with Crippen LogP contribution >= 0.6 is 11.3 Å². The molecule has 0 aliphatic carbocycles. The summed E-state index contributed by atoms with van der Waals surface area (Å²) in [5, 5.41) is 1.80. The first-order valence-corrected chi connectivity index (χ1v) is 8.62. The van der Waals surface area contributed by atoms with Crippen molar-refractivity contribution < 1.29 is 8.42 Å². The number of sulfonamides is 1. The van der Waals surface area contributed by atoms with Crippen molar-refractivity contribution >= 4 is 21.4 Å². The van der Waals surface area contributed by atoms with E-state index in [4.69, 9.17) is 5.73 Å². The highest BCUT2D eigenvalue weighted by molar-refractivity contribution is 7.89. The van der Waals surface area contributed by atoms with Crippen LogP contribution in [0.25, 0.3) is 0 Å². The molecule has 0 saturated carbocycles. The fourth-order valence-corrected chi connectivity index (χ4v) is 3.52. The molecule has 21 heavy (non-hydrogen) atoms. The fourth-order valence-electron chi connectivity index (χ4n) is 1.69. The molecule has 0 fully saturated rings. The predicted octanol–water partition coefficient (Wildman–Crippen LogP) is 1.24. The Morgan fingerprint density at radius 3 is 2.90 bits per heavy atom. The van der Waals surface area contributed by atoms with E-state index < -0.39 is 10.0 Å². The Balaban J connectivity index is 2.26. The minimum atomic E-state index is -3.60. The number of hydrogen-bond acceptors (Lipinski definition) is 5. The Hall–Kier alpha value is -1.72. The Morgan fingerprint density at radius 2 is 2.24 bits per heavy atom. The first kappa shape index (κ1) is 15.7. The maximum atomic E-state index is 12.4. The van der Waals surface area contributed by atoms with Gasteiger partial charge >= 0.3 is 0 Å². The van der Waals surface area contributed by atoms with Crippen LogP contribution in [0.2, 0.25) is 0 Å². The highest BCUT2D eigenvalue weighted by atomic mass is 32.2. The number of nitrogens with zero attached hydrogens (tertiary/aromatic N) is 1. The Morgan fingerprint density at radius 1 is 1.43 bits per heavy atom. The highest BCUT2D eigenvalue weighted by Gasteiger charge is 2.17. The summed E-state index contributed by atoms with van der Waals surface area (Å²) in [7, 11) is -3.60. The predicted molar refractivity (Wildman–Crippen MR) is 83.3 cm³/mol. The van der Waals surface area contributed by atoms with Crippen LogP contribution in [-0.2, 0) is 16.6 Å². The number of aromatic nitrogens is 1. The second-order valence-corrected chi connectivity index (χ2v) is 6.74. The Bertz CT molecular complexity index is 772. The zero-order chi connectivity index (χ0) is 15.3. The molecule has 1 heterocycles. The van der Waals surface area contributed by atoms with Crippen molar-refractivity contribution in [2.75, 3.05) is 6.54 Å². The monoisotopic (exact) mass is 321 g/mol. The van der Waals surface area contributed by atoms with E-state index >= 15 is 0 Å². The maximum absolute atomic E-state index is 12.4. The zero-order valence-electron chi connectivity index (χ0n) is 11.5. The van der Waals surface area contributed by atoms with Gasteiger partial charge < -0.3 is 5.73 Å². The van der Waals surface area contributed by atoms with Gasteiger partial charge in [0.2, 0.25) is 10.0 Å². The third-order valence-corrected chi connectivity index (χ3v) is 4.92. The van der Waals surface area contributed by atoms with Crippen molar-refractivity contribution in [3.8, 4) is 11.8 Å². The molecule has 3 N–H and O–H groups in total. The van der Waals surface area contributed by atoms with Gasteiger partial charge in [-0.15, -0.1) is 11.3 Å². The van der Waals surface area contributed by atoms with Gasteiger partial charge in [0.15, 0.2) is 0 Å². The lowest BCUT2D eigenvalue weighted by molar-refractivity contribution is 0.580. The standard InChI is InChI=1S/C14H15N3O2S2/c1-11-4-5-12(3-2-6-15)7-14(11)21(18,19)17-8-13-9-20-10-16-13/h4-5,7,9-10,17H,6,8,15H2,1H3. The van der Waals surface area contributed by atoms with E-state index in [2.05, 4.69) is 21.5 Å². The minimum absolute atomic E-state index is 0.171. The summed E-state index contributed by atoms with van der Waals surface area (Å²) in [4.78, 5) is 4.27. The van der Waals surface area contributed by atoms with Gasteiger partial charge in [-0.2, -0.15) is 0 Å². The quantitative estimate of drug-likeness (QED) is 0.830. The topological polar surface area (TPSA) is 85.1 Å². The molecule has 0 radical (unpaired) electrons. The molecule has 0 atom stereocenters. The third-order valence-electron chi connectivity index (χ3n) is 2.74. The molecule has 0 saturated heterocycles. The van der Waals surface area contributed by atoms with Gasteiger partial charge in [-0.1, -0.05) is 17.9 Å². The lowest BCUT2D eigenvalue weighted by Crippen LogP contribution is -2.24. The molecule has 0 amide bonds. The van der Waals surface area contributed by atoms with Crippen molar-refractivity contribution in [2.24, 2.45) is 5.73 Å². The number of nitrogens with two attached hydrogens (primary N) is 1. The van der Waals surface area contributed by atoms with Crippen molar-refractivity contribution in [1.29, 1.82) is 0 Å². The Labute approximate surface area is 128 Å². The van der Waals surface area contributed by atoms with E-state index in [9.17, 15) is 8.42 Å². The molecule has 0 aliphatic heterocycles. The van der Waals surface area contributed by atoms with Gasteiger partial charge in [-0.3, -0.25) is 0 Å². The van der Waals surface area contributed by atoms with Gasteiger partial charge in [0.25, 0.3) is 0 Å². The number of thiazole rings is 1. The molecule has 110 valence electrons. The maximum Gasteiger partial charge on any atom is 0.241 e. The smallest absolute Gasteiger partial charge is 0.241 e. The molecule has 1 aromatic carbocycles. The molecule has 0 aliphatic rings. The number of hydrogen-bond donors (Lipinski definition) is 2. The van der Waals surface area contributed by atoms with Crippen LogP contribution in [0.3, 0.4) is 0 Å². The lowest BCUT2D eigenvalue weighted by atomic mass is 10.1. The van der Waals surface area contributed by atoms with E-state index in [0.29, 0.717) is 16.8 Å². The van der Waals surface area contributed by atoms with Gasteiger partial charge in [-0.25, -0.2) is 18.1 Å². The molecular formula is C14H15N3O2S2. The van der Waals surface area contributed by atoms with E-state index in [1.54, 1.807) is 36.0 Å². The van der Waals surface area contributed by atoms with Gasteiger partial charge in [0, 0.05) is 10.9 Å². The van der Waals surface area contributed by atoms with Crippen molar-refractivity contribution in [3.63, 3.8) is 0 Å². The molecule has 0 bridgehead atoms. The summed E-state index contributed by atoms with van der Waals surface area (Å²) in [6.07, 6.45) is 0. The van der Waals surface area contributed by atoms with E-state index in [1.807, 2.05) is 0 Å². The van der Waals surface area contributed by atoms with E-state index in [1.165, 1.54) is 11.3 Å². The van der Waals surface area contributed by atoms with Crippen LogP contribution in [0, 0.1) is 18.8 Å². The average Bonchev–Trinajstić information content (AvgIpc) is 2.97. The second kappa shape index (κ2) is 6.83. The molecule has 7 heteroatoms. The molecule has 2 aromatic rings. The fraction of sp³-hybridized carbons (Fsp3) is 0.214. The summed E-state index contributed by atoms with van der Waals surface area (Å²) in [6, 6.07) is 5.07. The second-order valence-electron chi connectivity index (χ2n) is 4.29. The summed E-state index contributed by atoms with van der Waals surface area (Å²) >= 11 is 1.42.